The molecule has 2 unspecified atom stereocenters. The number of carbonyl (C=O) groups excluding carboxylic acids is 1. The molecule has 1 heterocycles. The van der Waals surface area contributed by atoms with Gasteiger partial charge in [-0.05, 0) is 58.4 Å². The lowest BCUT2D eigenvalue weighted by atomic mass is 9.93. The van der Waals surface area contributed by atoms with Crippen molar-refractivity contribution in [1.29, 1.82) is 0 Å². The molecule has 4 nitrogen and oxygen atoms in total. The molecule has 22 heavy (non-hydrogen) atoms. The maximum Gasteiger partial charge on any atom is 0.325 e. The van der Waals surface area contributed by atoms with Gasteiger partial charge in [0, 0.05) is 6.61 Å². The molecule has 0 saturated carbocycles. The summed E-state index contributed by atoms with van der Waals surface area (Å²) in [6.45, 7) is 3.10. The van der Waals surface area contributed by atoms with Crippen molar-refractivity contribution in [3.05, 3.63) is 23.8 Å². The van der Waals surface area contributed by atoms with E-state index in [1.807, 2.05) is 6.92 Å². The van der Waals surface area contributed by atoms with Gasteiger partial charge in [0.05, 0.1) is 12.7 Å². The Morgan fingerprint density at radius 3 is 2.95 bits per heavy atom. The third kappa shape index (κ3) is 5.58. The minimum absolute atomic E-state index is 0.0353. The molecule has 0 aromatic heterocycles. The fraction of sp³-hybridized carbons (Fsp3) is 0.722. The van der Waals surface area contributed by atoms with Gasteiger partial charge in [-0.3, -0.25) is 4.79 Å². The fourth-order valence-electron chi connectivity index (χ4n) is 3.17. The molecule has 1 fully saturated rings. The first-order chi connectivity index (χ1) is 10.7. The maximum atomic E-state index is 11.9. The van der Waals surface area contributed by atoms with Crippen LogP contribution in [-0.2, 0) is 14.3 Å². The van der Waals surface area contributed by atoms with Crippen LogP contribution in [0.5, 0.6) is 0 Å². The highest BCUT2D eigenvalue weighted by molar-refractivity contribution is 5.76. The summed E-state index contributed by atoms with van der Waals surface area (Å²) >= 11 is 0. The van der Waals surface area contributed by atoms with Gasteiger partial charge in [0.15, 0.2) is 0 Å². The van der Waals surface area contributed by atoms with Crippen LogP contribution in [0.1, 0.15) is 45.4 Å². The zero-order valence-electron chi connectivity index (χ0n) is 13.8. The van der Waals surface area contributed by atoms with Gasteiger partial charge in [-0.2, -0.15) is 0 Å². The van der Waals surface area contributed by atoms with Crippen LogP contribution in [0.4, 0.5) is 0 Å². The number of allylic oxidation sites excluding steroid dienone is 4. The molecule has 124 valence electrons. The third-order valence-electron chi connectivity index (χ3n) is 4.46. The minimum Gasteiger partial charge on any atom is -0.461 e. The second-order valence-electron chi connectivity index (χ2n) is 6.41. The van der Waals surface area contributed by atoms with Gasteiger partial charge in [-0.1, -0.05) is 23.8 Å². The van der Waals surface area contributed by atoms with Gasteiger partial charge in [0.25, 0.3) is 0 Å². The summed E-state index contributed by atoms with van der Waals surface area (Å²) in [5, 5.41) is 2.96. The van der Waals surface area contributed by atoms with E-state index in [0.717, 1.165) is 19.4 Å². The lowest BCUT2D eigenvalue weighted by molar-refractivity contribution is -0.151. The van der Waals surface area contributed by atoms with Crippen molar-refractivity contribution in [2.24, 2.45) is 5.92 Å². The van der Waals surface area contributed by atoms with Crippen LogP contribution >= 0.6 is 0 Å². The van der Waals surface area contributed by atoms with Crippen molar-refractivity contribution < 1.29 is 14.3 Å². The highest BCUT2D eigenvalue weighted by atomic mass is 16.5. The van der Waals surface area contributed by atoms with Crippen LogP contribution in [0.2, 0.25) is 0 Å². The second kappa shape index (κ2) is 9.11. The standard InChI is InChI=1S/C18H29NO3/c1-14-11-16(10-6-9-15-7-4-3-5-8-15)12-21-13-17(19-2)18(20)22-14/h3-4,7,14,16-17,19H,5-6,8-13H2,1-2H3/t14?,16?,17-/m0/s1. The first-order valence-electron chi connectivity index (χ1n) is 8.49. The molecule has 2 rings (SSSR count). The number of hydrogen-bond acceptors (Lipinski definition) is 4. The Labute approximate surface area is 133 Å². The van der Waals surface area contributed by atoms with E-state index in [4.69, 9.17) is 9.47 Å². The summed E-state index contributed by atoms with van der Waals surface area (Å²) in [4.78, 5) is 11.9. The molecule has 0 amide bonds. The molecule has 0 radical (unpaired) electrons. The molecule has 0 aromatic carbocycles. The number of carbonyl (C=O) groups is 1. The molecular formula is C18H29NO3. The highest BCUT2D eigenvalue weighted by Crippen LogP contribution is 2.23. The maximum absolute atomic E-state index is 11.9. The Morgan fingerprint density at radius 2 is 2.23 bits per heavy atom. The molecule has 1 aliphatic carbocycles. The van der Waals surface area contributed by atoms with Crippen molar-refractivity contribution in [3.8, 4) is 0 Å². The predicted molar refractivity (Wildman–Crippen MR) is 87.6 cm³/mol. The van der Waals surface area contributed by atoms with Crippen molar-refractivity contribution in [2.45, 2.75) is 57.6 Å². The summed E-state index contributed by atoms with van der Waals surface area (Å²) in [7, 11) is 1.77. The van der Waals surface area contributed by atoms with Gasteiger partial charge < -0.3 is 14.8 Å². The van der Waals surface area contributed by atoms with Crippen LogP contribution in [0.3, 0.4) is 0 Å². The van der Waals surface area contributed by atoms with Crippen LogP contribution in [0.15, 0.2) is 23.8 Å². The summed E-state index contributed by atoms with van der Waals surface area (Å²) < 4.78 is 11.2. The summed E-state index contributed by atoms with van der Waals surface area (Å²) in [6.07, 6.45) is 13.4. The molecule has 0 aromatic rings. The number of cyclic esters (lactones) is 1. The summed E-state index contributed by atoms with van der Waals surface area (Å²) in [6, 6.07) is -0.347. The van der Waals surface area contributed by atoms with E-state index >= 15 is 0 Å². The quantitative estimate of drug-likeness (QED) is 0.793. The Kier molecular flexibility index (Phi) is 7.13. The van der Waals surface area contributed by atoms with Crippen LogP contribution in [0.25, 0.3) is 0 Å². The van der Waals surface area contributed by atoms with Crippen molar-refractivity contribution >= 4 is 5.97 Å². The lowest BCUT2D eigenvalue weighted by Gasteiger charge is -2.20. The number of esters is 1. The molecule has 2 aliphatic rings. The van der Waals surface area contributed by atoms with E-state index in [0.29, 0.717) is 12.5 Å². The normalized spacial score (nSPS) is 30.0. The van der Waals surface area contributed by atoms with Gasteiger partial charge in [0.2, 0.25) is 0 Å². The topological polar surface area (TPSA) is 47.6 Å². The summed E-state index contributed by atoms with van der Waals surface area (Å²) in [5.41, 5.74) is 1.56. The lowest BCUT2D eigenvalue weighted by Crippen LogP contribution is -2.40. The van der Waals surface area contributed by atoms with E-state index in [-0.39, 0.29) is 18.1 Å². The molecule has 1 N–H and O–H groups in total. The Hall–Kier alpha value is -1.13. The Bertz CT molecular complexity index is 417. The van der Waals surface area contributed by atoms with Gasteiger partial charge in [-0.15, -0.1) is 0 Å². The highest BCUT2D eigenvalue weighted by Gasteiger charge is 2.25. The largest absolute Gasteiger partial charge is 0.461 e. The third-order valence-corrected chi connectivity index (χ3v) is 4.46. The number of nitrogens with one attached hydrogen (secondary N) is 1. The second-order valence-corrected chi connectivity index (χ2v) is 6.41. The number of rotatable bonds is 5. The van der Waals surface area contributed by atoms with E-state index in [1.54, 1.807) is 12.6 Å². The monoisotopic (exact) mass is 307 g/mol. The van der Waals surface area contributed by atoms with Gasteiger partial charge >= 0.3 is 5.97 Å². The molecule has 4 heteroatoms. The SMILES string of the molecule is CN[C@H]1COCC(CCCC2=CC=CCC2)CC(C)OC1=O. The van der Waals surface area contributed by atoms with Crippen molar-refractivity contribution in [2.75, 3.05) is 20.3 Å². The van der Waals surface area contributed by atoms with Crippen molar-refractivity contribution in [3.63, 3.8) is 0 Å². The zero-order valence-corrected chi connectivity index (χ0v) is 13.8. The Balaban J connectivity index is 1.78. The fourth-order valence-corrected chi connectivity index (χ4v) is 3.17. The first-order valence-corrected chi connectivity index (χ1v) is 8.49. The summed E-state index contributed by atoms with van der Waals surface area (Å²) in [5.74, 6) is 0.271. The van der Waals surface area contributed by atoms with Gasteiger partial charge in [0.1, 0.15) is 6.04 Å². The molecule has 0 spiro atoms. The zero-order chi connectivity index (χ0) is 15.8. The predicted octanol–water partition coefficient (Wildman–Crippen LogP) is 2.99. The molecule has 3 atom stereocenters. The first kappa shape index (κ1) is 17.2. The van der Waals surface area contributed by atoms with Crippen LogP contribution in [-0.4, -0.2) is 38.4 Å². The number of ether oxygens (including phenoxy) is 2. The van der Waals surface area contributed by atoms with E-state index in [2.05, 4.69) is 23.5 Å². The smallest absolute Gasteiger partial charge is 0.325 e. The molecule has 0 bridgehead atoms. The molecule has 1 aliphatic heterocycles. The van der Waals surface area contributed by atoms with Crippen LogP contribution in [0, 0.1) is 5.92 Å². The molecule has 1 saturated heterocycles. The van der Waals surface area contributed by atoms with E-state index in [9.17, 15) is 4.79 Å². The van der Waals surface area contributed by atoms with Gasteiger partial charge in [-0.25, -0.2) is 0 Å². The number of likely N-dealkylation sites (N-methyl/N-ethyl adjacent to an activating group) is 1. The van der Waals surface area contributed by atoms with E-state index < -0.39 is 0 Å². The average Bonchev–Trinajstić information content (AvgIpc) is 2.57. The van der Waals surface area contributed by atoms with E-state index in [1.165, 1.54) is 25.7 Å². The average molecular weight is 307 g/mol. The Morgan fingerprint density at radius 1 is 1.36 bits per heavy atom. The molecular weight excluding hydrogens is 278 g/mol. The van der Waals surface area contributed by atoms with Crippen molar-refractivity contribution in [1.82, 2.24) is 5.32 Å². The minimum atomic E-state index is -0.347. The van der Waals surface area contributed by atoms with Crippen LogP contribution < -0.4 is 5.32 Å². The number of hydrogen-bond donors (Lipinski definition) is 1.